The van der Waals surface area contributed by atoms with E-state index in [1.165, 1.54) is 4.88 Å². The second-order valence-electron chi connectivity index (χ2n) is 6.52. The predicted molar refractivity (Wildman–Crippen MR) is 93.0 cm³/mol. The van der Waals surface area contributed by atoms with Crippen molar-refractivity contribution in [3.8, 4) is 0 Å². The SMILES string of the molecule is O=C(NC[C@@]12COC[C@@H]1CN(Cc1cccs1)C2)c1ccsc1. The molecule has 0 aliphatic carbocycles. The third-order valence-corrected chi connectivity index (χ3v) is 6.48. The Bertz CT molecular complexity index is 656. The zero-order chi connectivity index (χ0) is 15.7. The molecule has 6 heteroatoms. The topological polar surface area (TPSA) is 41.6 Å². The van der Waals surface area contributed by atoms with E-state index >= 15 is 0 Å². The summed E-state index contributed by atoms with van der Waals surface area (Å²) in [6.45, 7) is 5.34. The van der Waals surface area contributed by atoms with Crippen molar-refractivity contribution >= 4 is 28.6 Å². The standard InChI is InChI=1S/C17H20N2O2S2/c20-16(13-3-5-22-9-13)18-10-17-11-19(6-14(17)8-21-12-17)7-15-2-1-4-23-15/h1-5,9,14H,6-8,10-12H2,(H,18,20)/t14-,17+/m0/s1. The van der Waals surface area contributed by atoms with Gasteiger partial charge in [0.15, 0.2) is 0 Å². The largest absolute Gasteiger partial charge is 0.380 e. The van der Waals surface area contributed by atoms with Crippen LogP contribution in [0.4, 0.5) is 0 Å². The third-order valence-electron chi connectivity index (χ3n) is 4.94. The van der Waals surface area contributed by atoms with Crippen molar-refractivity contribution in [1.29, 1.82) is 0 Å². The van der Waals surface area contributed by atoms with E-state index in [-0.39, 0.29) is 11.3 Å². The van der Waals surface area contributed by atoms with E-state index in [4.69, 9.17) is 4.74 Å². The van der Waals surface area contributed by atoms with E-state index < -0.39 is 0 Å². The molecule has 1 N–H and O–H groups in total. The van der Waals surface area contributed by atoms with Gasteiger partial charge in [0, 0.05) is 53.3 Å². The lowest BCUT2D eigenvalue weighted by Crippen LogP contribution is -2.43. The second kappa shape index (κ2) is 6.36. The van der Waals surface area contributed by atoms with Crippen LogP contribution in [0.2, 0.25) is 0 Å². The number of amides is 1. The first-order chi connectivity index (χ1) is 11.3. The van der Waals surface area contributed by atoms with E-state index in [0.29, 0.717) is 12.5 Å². The summed E-state index contributed by atoms with van der Waals surface area (Å²) in [5.74, 6) is 0.549. The van der Waals surface area contributed by atoms with Gasteiger partial charge >= 0.3 is 0 Å². The fourth-order valence-electron chi connectivity index (χ4n) is 3.69. The van der Waals surface area contributed by atoms with Gasteiger partial charge in [-0.25, -0.2) is 0 Å². The van der Waals surface area contributed by atoms with Crippen molar-refractivity contribution in [2.45, 2.75) is 6.54 Å². The highest BCUT2D eigenvalue weighted by Crippen LogP contribution is 2.41. The summed E-state index contributed by atoms with van der Waals surface area (Å²) in [6, 6.07) is 6.18. The van der Waals surface area contributed by atoms with Crippen LogP contribution in [-0.2, 0) is 11.3 Å². The Morgan fingerprint density at radius 1 is 1.43 bits per heavy atom. The van der Waals surface area contributed by atoms with Crippen LogP contribution in [-0.4, -0.2) is 43.7 Å². The number of nitrogens with zero attached hydrogens (tertiary/aromatic N) is 1. The molecule has 4 heterocycles. The van der Waals surface area contributed by atoms with Gasteiger partial charge in [0.2, 0.25) is 0 Å². The number of hydrogen-bond acceptors (Lipinski definition) is 5. The first kappa shape index (κ1) is 15.3. The maximum absolute atomic E-state index is 12.2. The number of carbonyl (C=O) groups excluding carboxylic acids is 1. The molecule has 1 amide bonds. The summed E-state index contributed by atoms with van der Waals surface area (Å²) in [6.07, 6.45) is 0. The zero-order valence-corrected chi connectivity index (χ0v) is 14.5. The molecular formula is C17H20N2O2S2. The molecule has 0 radical (unpaired) electrons. The highest BCUT2D eigenvalue weighted by atomic mass is 32.1. The molecule has 0 saturated carbocycles. The van der Waals surface area contributed by atoms with Crippen LogP contribution in [0.3, 0.4) is 0 Å². The number of rotatable bonds is 5. The van der Waals surface area contributed by atoms with Crippen molar-refractivity contribution in [2.75, 3.05) is 32.8 Å². The summed E-state index contributed by atoms with van der Waals surface area (Å²) < 4.78 is 5.75. The van der Waals surface area contributed by atoms with E-state index in [1.54, 1.807) is 11.3 Å². The summed E-state index contributed by atoms with van der Waals surface area (Å²) in [7, 11) is 0. The lowest BCUT2D eigenvalue weighted by molar-refractivity contribution is 0.0905. The van der Waals surface area contributed by atoms with Crippen molar-refractivity contribution in [3.63, 3.8) is 0 Å². The smallest absolute Gasteiger partial charge is 0.252 e. The van der Waals surface area contributed by atoms with Gasteiger partial charge in [-0.2, -0.15) is 11.3 Å². The highest BCUT2D eigenvalue weighted by Gasteiger charge is 2.50. The Balaban J connectivity index is 1.40. The van der Waals surface area contributed by atoms with Crippen molar-refractivity contribution in [3.05, 3.63) is 44.8 Å². The molecule has 23 heavy (non-hydrogen) atoms. The maximum Gasteiger partial charge on any atom is 0.252 e. The average molecular weight is 348 g/mol. The summed E-state index contributed by atoms with van der Waals surface area (Å²) in [4.78, 5) is 16.1. The lowest BCUT2D eigenvalue weighted by atomic mass is 9.81. The number of carbonyl (C=O) groups is 1. The van der Waals surface area contributed by atoms with Crippen LogP contribution in [0.1, 0.15) is 15.2 Å². The molecule has 4 rings (SSSR count). The molecule has 2 fully saturated rings. The zero-order valence-electron chi connectivity index (χ0n) is 12.9. The van der Waals surface area contributed by atoms with Crippen molar-refractivity contribution < 1.29 is 9.53 Å². The van der Waals surface area contributed by atoms with Crippen LogP contribution in [0, 0.1) is 11.3 Å². The molecule has 0 unspecified atom stereocenters. The second-order valence-corrected chi connectivity index (χ2v) is 8.33. The van der Waals surface area contributed by atoms with Crippen molar-refractivity contribution in [2.24, 2.45) is 11.3 Å². The predicted octanol–water partition coefficient (Wildman–Crippen LogP) is 2.69. The molecule has 2 aliphatic rings. The Morgan fingerprint density at radius 3 is 3.17 bits per heavy atom. The van der Waals surface area contributed by atoms with Gasteiger partial charge in [-0.15, -0.1) is 11.3 Å². The fourth-order valence-corrected chi connectivity index (χ4v) is 5.07. The molecule has 2 aliphatic heterocycles. The minimum Gasteiger partial charge on any atom is -0.380 e. The number of likely N-dealkylation sites (tertiary alicyclic amines) is 1. The number of hydrogen-bond donors (Lipinski definition) is 1. The summed E-state index contributed by atoms with van der Waals surface area (Å²) >= 11 is 3.37. The minimum atomic E-state index is 0.0305. The van der Waals surface area contributed by atoms with Gasteiger partial charge in [-0.1, -0.05) is 6.07 Å². The fraction of sp³-hybridized carbons (Fsp3) is 0.471. The molecule has 0 aromatic carbocycles. The Hall–Kier alpha value is -1.21. The molecule has 0 bridgehead atoms. The van der Waals surface area contributed by atoms with Crippen LogP contribution >= 0.6 is 22.7 Å². The molecular weight excluding hydrogens is 328 g/mol. The normalized spacial score (nSPS) is 27.2. The quantitative estimate of drug-likeness (QED) is 0.903. The number of fused-ring (bicyclic) bond motifs is 1. The Morgan fingerprint density at radius 2 is 2.39 bits per heavy atom. The van der Waals surface area contributed by atoms with Gasteiger partial charge < -0.3 is 10.1 Å². The van der Waals surface area contributed by atoms with Gasteiger partial charge in [0.25, 0.3) is 5.91 Å². The van der Waals surface area contributed by atoms with Gasteiger partial charge in [0.1, 0.15) is 0 Å². The Labute approximate surface area is 144 Å². The highest BCUT2D eigenvalue weighted by molar-refractivity contribution is 7.09. The monoisotopic (exact) mass is 348 g/mol. The number of thiophene rings is 2. The first-order valence-corrected chi connectivity index (χ1v) is 9.70. The average Bonchev–Trinajstić information content (AvgIpc) is 3.29. The molecule has 2 aromatic rings. The molecule has 2 aromatic heterocycles. The lowest BCUT2D eigenvalue weighted by Gasteiger charge is -2.27. The van der Waals surface area contributed by atoms with E-state index in [0.717, 1.165) is 38.4 Å². The van der Waals surface area contributed by atoms with Crippen LogP contribution in [0.5, 0.6) is 0 Å². The number of nitrogens with one attached hydrogen (secondary N) is 1. The maximum atomic E-state index is 12.2. The van der Waals surface area contributed by atoms with Gasteiger partial charge in [-0.05, 0) is 22.9 Å². The van der Waals surface area contributed by atoms with Gasteiger partial charge in [0.05, 0.1) is 13.2 Å². The van der Waals surface area contributed by atoms with Gasteiger partial charge in [-0.3, -0.25) is 9.69 Å². The minimum absolute atomic E-state index is 0.0305. The summed E-state index contributed by atoms with van der Waals surface area (Å²) in [5, 5.41) is 9.10. The van der Waals surface area contributed by atoms with E-state index in [1.807, 2.05) is 28.2 Å². The van der Waals surface area contributed by atoms with Crippen LogP contribution in [0.15, 0.2) is 34.3 Å². The van der Waals surface area contributed by atoms with Crippen LogP contribution < -0.4 is 5.32 Å². The molecule has 4 nitrogen and oxygen atoms in total. The third kappa shape index (κ3) is 3.08. The molecule has 2 atom stereocenters. The molecule has 2 saturated heterocycles. The number of ether oxygens (including phenoxy) is 1. The molecule has 0 spiro atoms. The molecule has 122 valence electrons. The Kier molecular flexibility index (Phi) is 4.24. The first-order valence-electron chi connectivity index (χ1n) is 7.88. The van der Waals surface area contributed by atoms with Crippen molar-refractivity contribution in [1.82, 2.24) is 10.2 Å². The summed E-state index contributed by atoms with van der Waals surface area (Å²) in [5.41, 5.74) is 0.832. The van der Waals surface area contributed by atoms with E-state index in [2.05, 4.69) is 27.7 Å². The van der Waals surface area contributed by atoms with Crippen LogP contribution in [0.25, 0.3) is 0 Å². The van der Waals surface area contributed by atoms with E-state index in [9.17, 15) is 4.79 Å².